The molecule has 6 rings (SSSR count). The monoisotopic (exact) mass is 549 g/mol. The maximum Gasteiger partial charge on any atom is 0.412 e. The van der Waals surface area contributed by atoms with E-state index >= 15 is 0 Å². The van der Waals surface area contributed by atoms with Gasteiger partial charge in [0.05, 0.1) is 49.0 Å². The number of ether oxygens (including phenoxy) is 3. The minimum absolute atomic E-state index is 0.0524. The number of carbonyl (C=O) groups is 1. The third kappa shape index (κ3) is 4.39. The van der Waals surface area contributed by atoms with Crippen LogP contribution in [0.25, 0.3) is 31.7 Å². The molecule has 0 saturated carbocycles. The van der Waals surface area contributed by atoms with Crippen LogP contribution >= 0.6 is 22.9 Å². The molecular weight excluding hydrogens is 530 g/mol. The van der Waals surface area contributed by atoms with Crippen molar-refractivity contribution in [2.24, 2.45) is 0 Å². The number of fused-ring (bicyclic) bond motifs is 4. The van der Waals surface area contributed by atoms with Crippen LogP contribution in [-0.4, -0.2) is 57.5 Å². The Morgan fingerprint density at radius 2 is 2.03 bits per heavy atom. The molecule has 0 aliphatic carbocycles. The van der Waals surface area contributed by atoms with Gasteiger partial charge in [-0.25, -0.2) is 19.7 Å². The Hall–Kier alpha value is -4.22. The number of aryl methyl sites for hydroxylation is 1. The number of nitrogens with zero attached hydrogens (tertiary/aromatic N) is 5. The topological polar surface area (TPSA) is 120 Å². The van der Waals surface area contributed by atoms with E-state index < -0.39 is 12.2 Å². The molecule has 0 bridgehead atoms. The summed E-state index contributed by atoms with van der Waals surface area (Å²) < 4.78 is 18.4. The van der Waals surface area contributed by atoms with E-state index in [0.717, 1.165) is 36.6 Å². The number of hydrogen-bond acceptors (Lipinski definition) is 9. The molecule has 1 N–H and O–H groups in total. The lowest BCUT2D eigenvalue weighted by Gasteiger charge is -2.30. The van der Waals surface area contributed by atoms with Crippen LogP contribution in [0.15, 0.2) is 48.9 Å². The van der Waals surface area contributed by atoms with Crippen molar-refractivity contribution in [1.29, 1.82) is 0 Å². The molecular formula is C26H20ClN5O5S. The third-order valence-corrected chi connectivity index (χ3v) is 7.39. The summed E-state index contributed by atoms with van der Waals surface area (Å²) in [7, 11) is 1.59. The molecule has 1 atom stereocenters. The van der Waals surface area contributed by atoms with E-state index in [9.17, 15) is 9.90 Å². The minimum Gasteiger partial charge on any atom is -0.495 e. The molecule has 3 aromatic heterocycles. The number of carboxylic acid groups (broad SMARTS) is 1. The lowest BCUT2D eigenvalue weighted by Crippen LogP contribution is -2.43. The molecule has 1 aliphatic rings. The molecule has 4 heterocycles. The van der Waals surface area contributed by atoms with E-state index in [-0.39, 0.29) is 13.2 Å². The fourth-order valence-electron chi connectivity index (χ4n) is 4.26. The number of methoxy groups -OCH3 is 1. The van der Waals surface area contributed by atoms with Crippen LogP contribution in [0.3, 0.4) is 0 Å². The van der Waals surface area contributed by atoms with Crippen LogP contribution in [0.5, 0.6) is 17.2 Å². The Morgan fingerprint density at radius 3 is 2.79 bits per heavy atom. The van der Waals surface area contributed by atoms with E-state index in [4.69, 9.17) is 30.8 Å². The number of pyridine rings is 1. The summed E-state index contributed by atoms with van der Waals surface area (Å²) in [4.78, 5) is 30.6. The number of anilines is 1. The molecule has 0 spiro atoms. The highest BCUT2D eigenvalue weighted by Crippen LogP contribution is 2.45. The first-order valence-corrected chi connectivity index (χ1v) is 12.7. The van der Waals surface area contributed by atoms with E-state index in [1.165, 1.54) is 23.7 Å². The van der Waals surface area contributed by atoms with Gasteiger partial charge in [-0.05, 0) is 37.3 Å². The van der Waals surface area contributed by atoms with Crippen molar-refractivity contribution in [2.75, 3.05) is 25.2 Å². The number of aromatic nitrogens is 4. The average Bonchev–Trinajstić information content (AvgIpc) is 3.36. The maximum atomic E-state index is 11.9. The number of hydrogen-bond donors (Lipinski definition) is 1. The van der Waals surface area contributed by atoms with Gasteiger partial charge < -0.3 is 19.3 Å². The number of thiazole rings is 1. The van der Waals surface area contributed by atoms with Gasteiger partial charge >= 0.3 is 6.09 Å². The van der Waals surface area contributed by atoms with Crippen molar-refractivity contribution >= 4 is 55.8 Å². The summed E-state index contributed by atoms with van der Waals surface area (Å²) in [5.74, 6) is 2.29. The second-order valence-corrected chi connectivity index (χ2v) is 10.0. The summed E-state index contributed by atoms with van der Waals surface area (Å²) >= 11 is 7.87. The summed E-state index contributed by atoms with van der Waals surface area (Å²) in [6.45, 7) is 1.95. The molecule has 38 heavy (non-hydrogen) atoms. The van der Waals surface area contributed by atoms with Gasteiger partial charge in [-0.3, -0.25) is 9.88 Å². The fraction of sp³-hybridized carbons (Fsp3) is 0.192. The molecule has 0 saturated heterocycles. The smallest absolute Gasteiger partial charge is 0.412 e. The van der Waals surface area contributed by atoms with Gasteiger partial charge in [0.25, 0.3) is 0 Å². The van der Waals surface area contributed by atoms with Crippen molar-refractivity contribution < 1.29 is 24.1 Å². The molecule has 10 nitrogen and oxygen atoms in total. The molecule has 192 valence electrons. The Kier molecular flexibility index (Phi) is 6.09. The van der Waals surface area contributed by atoms with E-state index in [1.807, 2.05) is 24.3 Å². The second kappa shape index (κ2) is 9.58. The first kappa shape index (κ1) is 24.1. The van der Waals surface area contributed by atoms with Gasteiger partial charge in [0.15, 0.2) is 17.6 Å². The van der Waals surface area contributed by atoms with Crippen molar-refractivity contribution in [3.63, 3.8) is 0 Å². The van der Waals surface area contributed by atoms with E-state index in [2.05, 4.69) is 15.0 Å². The first-order valence-electron chi connectivity index (χ1n) is 11.6. The molecule has 2 aromatic carbocycles. The zero-order valence-electron chi connectivity index (χ0n) is 20.2. The predicted molar refractivity (Wildman–Crippen MR) is 144 cm³/mol. The standard InChI is InChI=1S/C26H20ClN5O5S/c1-13-28-8-16(9-29-13)32(26(33)34)11-18-12-36-23-21(37-18)4-3-20-24(23)38-25(31-20)19-7-15(27)5-14-6-17(35-2)10-30-22(14)19/h3-10,18H,11-12H2,1-2H3,(H,33,34)/t18-/m1/s1. The van der Waals surface area contributed by atoms with Crippen molar-refractivity contribution in [1.82, 2.24) is 19.9 Å². The van der Waals surface area contributed by atoms with Gasteiger partial charge in [0.2, 0.25) is 0 Å². The Balaban J connectivity index is 1.31. The van der Waals surface area contributed by atoms with Crippen LogP contribution in [0.4, 0.5) is 10.5 Å². The van der Waals surface area contributed by atoms with Crippen molar-refractivity contribution in [2.45, 2.75) is 13.0 Å². The Labute approximate surface area is 225 Å². The van der Waals surface area contributed by atoms with Gasteiger partial charge in [-0.15, -0.1) is 11.3 Å². The van der Waals surface area contributed by atoms with Crippen molar-refractivity contribution in [3.05, 3.63) is 59.8 Å². The number of halogens is 1. The molecule has 0 fully saturated rings. The zero-order valence-corrected chi connectivity index (χ0v) is 21.8. The second-order valence-electron chi connectivity index (χ2n) is 8.59. The highest BCUT2D eigenvalue weighted by atomic mass is 35.5. The molecule has 1 amide bonds. The van der Waals surface area contributed by atoms with E-state index in [1.54, 1.807) is 26.3 Å². The number of rotatable bonds is 5. The molecule has 1 aliphatic heterocycles. The third-order valence-electron chi connectivity index (χ3n) is 6.07. The minimum atomic E-state index is -1.13. The molecule has 0 unspecified atom stereocenters. The first-order chi connectivity index (χ1) is 18.4. The lowest BCUT2D eigenvalue weighted by molar-refractivity contribution is 0.0961. The fourth-order valence-corrected chi connectivity index (χ4v) is 5.56. The Bertz CT molecular complexity index is 1690. The van der Waals surface area contributed by atoms with Gasteiger partial charge in [-0.1, -0.05) is 11.6 Å². The number of amides is 1. The van der Waals surface area contributed by atoms with Crippen LogP contribution in [0.2, 0.25) is 5.02 Å². The van der Waals surface area contributed by atoms with Gasteiger partial charge in [-0.2, -0.15) is 0 Å². The van der Waals surface area contributed by atoms with Gasteiger partial charge in [0, 0.05) is 16.0 Å². The van der Waals surface area contributed by atoms with Crippen LogP contribution in [0.1, 0.15) is 5.82 Å². The van der Waals surface area contributed by atoms with Crippen LogP contribution < -0.4 is 19.1 Å². The zero-order chi connectivity index (χ0) is 26.4. The van der Waals surface area contributed by atoms with Crippen molar-refractivity contribution in [3.8, 4) is 27.8 Å². The Morgan fingerprint density at radius 1 is 1.21 bits per heavy atom. The summed E-state index contributed by atoms with van der Waals surface area (Å²) in [5, 5.41) is 11.9. The lowest BCUT2D eigenvalue weighted by atomic mass is 10.1. The predicted octanol–water partition coefficient (Wildman–Crippen LogP) is 5.60. The molecule has 5 aromatic rings. The largest absolute Gasteiger partial charge is 0.495 e. The molecule has 12 heteroatoms. The average molecular weight is 550 g/mol. The summed E-state index contributed by atoms with van der Waals surface area (Å²) in [6.07, 6.45) is 2.95. The highest BCUT2D eigenvalue weighted by molar-refractivity contribution is 7.22. The SMILES string of the molecule is COc1cnc2c(-c3nc4ccc5c(c4s3)OC[C@@H](CN(C(=O)O)c3cnc(C)nc3)O5)cc(Cl)cc2c1. The maximum absolute atomic E-state index is 11.9. The van der Waals surface area contributed by atoms with Crippen LogP contribution in [-0.2, 0) is 0 Å². The number of benzene rings is 2. The highest BCUT2D eigenvalue weighted by Gasteiger charge is 2.29. The van der Waals surface area contributed by atoms with Gasteiger partial charge in [0.1, 0.15) is 27.9 Å². The van der Waals surface area contributed by atoms with Crippen LogP contribution in [0, 0.1) is 6.92 Å². The summed E-state index contributed by atoms with van der Waals surface area (Å²) in [6, 6.07) is 9.20. The summed E-state index contributed by atoms with van der Waals surface area (Å²) in [5.41, 5.74) is 2.67. The van der Waals surface area contributed by atoms with E-state index in [0.29, 0.717) is 33.8 Å². The quantitative estimate of drug-likeness (QED) is 0.299. The molecule has 0 radical (unpaired) electrons. The normalized spacial score (nSPS) is 14.6.